The number of carbonyl (C=O) groups is 10. The first-order chi connectivity index (χ1) is 31.6. The molecule has 0 aliphatic carbocycles. The number of likely N-dealkylation sites (tertiary alicyclic amines) is 1. The smallest absolute Gasteiger partial charge is 0.246 e. The molecule has 1 aromatic carbocycles. The van der Waals surface area contributed by atoms with Gasteiger partial charge in [-0.25, -0.2) is 0 Å². The van der Waals surface area contributed by atoms with Crippen LogP contribution in [0.4, 0.5) is 0 Å². The number of amides is 10. The Balaban J connectivity index is 2.02. The quantitative estimate of drug-likeness (QED) is 0.0716. The highest BCUT2D eigenvalue weighted by atomic mass is 33.1. The van der Waals surface area contributed by atoms with Gasteiger partial charge in [0.15, 0.2) is 0 Å². The molecule has 1 aromatic rings. The molecule has 2 aliphatic heterocycles. The lowest BCUT2D eigenvalue weighted by Gasteiger charge is -2.31. The third-order valence-electron chi connectivity index (χ3n) is 11.0. The summed E-state index contributed by atoms with van der Waals surface area (Å²) in [5.41, 5.74) is 17.5. The Kier molecular flexibility index (Phi) is 22.6. The van der Waals surface area contributed by atoms with E-state index in [-0.39, 0.29) is 55.4 Å². The number of phenols is 1. The average Bonchev–Trinajstić information content (AvgIpc) is 3.77. The number of nitrogens with zero attached hydrogens (tertiary/aromatic N) is 1. The predicted octanol–water partition coefficient (Wildman–Crippen LogP) is -3.49. The molecule has 2 fully saturated rings. The van der Waals surface area contributed by atoms with Crippen LogP contribution in [0.15, 0.2) is 24.3 Å². The second-order valence-corrected chi connectivity index (χ2v) is 19.5. The van der Waals surface area contributed by atoms with Crippen LogP contribution in [0.3, 0.4) is 0 Å². The Morgan fingerprint density at radius 3 is 2.04 bits per heavy atom. The van der Waals surface area contributed by atoms with Crippen molar-refractivity contribution in [2.75, 3.05) is 31.2 Å². The van der Waals surface area contributed by atoms with E-state index in [0.29, 0.717) is 18.4 Å². The summed E-state index contributed by atoms with van der Waals surface area (Å²) in [7, 11) is 2.07. The number of nitrogens with two attached hydrogens (primary N) is 3. The van der Waals surface area contributed by atoms with Crippen LogP contribution in [0.5, 0.6) is 5.75 Å². The van der Waals surface area contributed by atoms with Crippen molar-refractivity contribution in [2.45, 2.75) is 121 Å². The topological polar surface area (TPSA) is 377 Å². The van der Waals surface area contributed by atoms with Crippen molar-refractivity contribution in [1.29, 1.82) is 0 Å². The van der Waals surface area contributed by atoms with Gasteiger partial charge in [-0.05, 0) is 55.2 Å². The molecule has 3 rings (SSSR count). The summed E-state index contributed by atoms with van der Waals surface area (Å²) in [4.78, 5) is 135. The SMILES string of the molecule is CC[C@H](C)[C@@H]1NC(=O)[C@H](Cc2ccc(O)cc2)NC(=O)[C@@H](N)CSSC[C@@H](C(=O)N2CCC[C@H]2C(=O)N[C@@H](CC(C)C)C(=O)NCC(N)=O)NC(=O)[C@H](CC(N)=O)NC(=O)[C@H](CCO)NC1=O. The highest BCUT2D eigenvalue weighted by Gasteiger charge is 2.41. The lowest BCUT2D eigenvalue weighted by molar-refractivity contribution is -0.142. The number of nitrogens with one attached hydrogen (secondary N) is 7. The Morgan fingerprint density at radius 1 is 0.821 bits per heavy atom. The van der Waals surface area contributed by atoms with Gasteiger partial charge in [-0.3, -0.25) is 47.9 Å². The maximum Gasteiger partial charge on any atom is 0.246 e. The summed E-state index contributed by atoms with van der Waals surface area (Å²) >= 11 is 0. The van der Waals surface area contributed by atoms with E-state index in [1.54, 1.807) is 26.0 Å². The fraction of sp³-hybridized carbons (Fsp3) is 0.619. The van der Waals surface area contributed by atoms with Crippen LogP contribution in [0, 0.1) is 11.8 Å². The van der Waals surface area contributed by atoms with E-state index in [4.69, 9.17) is 17.2 Å². The van der Waals surface area contributed by atoms with Gasteiger partial charge in [0, 0.05) is 31.1 Å². The number of carbonyl (C=O) groups excluding carboxylic acids is 10. The van der Waals surface area contributed by atoms with E-state index in [1.165, 1.54) is 17.0 Å². The monoisotopic (exact) mass is 979 g/mol. The van der Waals surface area contributed by atoms with Crippen molar-refractivity contribution in [3.63, 3.8) is 0 Å². The second-order valence-electron chi connectivity index (χ2n) is 16.9. The van der Waals surface area contributed by atoms with E-state index in [2.05, 4.69) is 37.2 Å². The molecule has 10 amide bonds. The number of primary amides is 2. The number of rotatable bonds is 16. The molecule has 2 saturated heterocycles. The third-order valence-corrected chi connectivity index (χ3v) is 13.5. The molecule has 372 valence electrons. The number of phenolic OH excluding ortho intramolecular Hbond substituents is 1. The Morgan fingerprint density at radius 2 is 1.43 bits per heavy atom. The summed E-state index contributed by atoms with van der Waals surface area (Å²) < 4.78 is 0. The first-order valence-electron chi connectivity index (χ1n) is 22.0. The summed E-state index contributed by atoms with van der Waals surface area (Å²) in [5.74, 6) is -9.24. The van der Waals surface area contributed by atoms with Crippen LogP contribution in [0.2, 0.25) is 0 Å². The zero-order valence-corrected chi connectivity index (χ0v) is 39.7. The molecule has 0 unspecified atom stereocenters. The number of aromatic hydroxyl groups is 1. The minimum atomic E-state index is -1.71. The number of benzene rings is 1. The molecule has 0 radical (unpaired) electrons. The zero-order valence-electron chi connectivity index (χ0n) is 38.0. The fourth-order valence-corrected chi connectivity index (χ4v) is 9.46. The molecule has 0 aromatic heterocycles. The maximum absolute atomic E-state index is 14.4. The van der Waals surface area contributed by atoms with Gasteiger partial charge in [0.2, 0.25) is 59.1 Å². The van der Waals surface area contributed by atoms with Crippen LogP contribution >= 0.6 is 21.6 Å². The van der Waals surface area contributed by atoms with Gasteiger partial charge < -0.3 is 69.5 Å². The summed E-state index contributed by atoms with van der Waals surface area (Å²) in [6.45, 7) is 6.04. The molecule has 0 spiro atoms. The Bertz CT molecular complexity index is 1950. The number of hydrogen-bond acceptors (Lipinski definition) is 15. The van der Waals surface area contributed by atoms with Gasteiger partial charge in [0.1, 0.15) is 48.0 Å². The number of aliphatic hydroxyl groups is 1. The van der Waals surface area contributed by atoms with E-state index >= 15 is 0 Å². The minimum Gasteiger partial charge on any atom is -0.508 e. The van der Waals surface area contributed by atoms with Gasteiger partial charge in [-0.2, -0.15) is 0 Å². The van der Waals surface area contributed by atoms with Crippen LogP contribution < -0.4 is 54.4 Å². The largest absolute Gasteiger partial charge is 0.508 e. The van der Waals surface area contributed by atoms with Gasteiger partial charge in [0.25, 0.3) is 0 Å². The van der Waals surface area contributed by atoms with Crippen molar-refractivity contribution in [3.8, 4) is 5.75 Å². The highest BCUT2D eigenvalue weighted by Crippen LogP contribution is 2.26. The molecule has 25 heteroatoms. The van der Waals surface area contributed by atoms with Crippen molar-refractivity contribution < 1.29 is 58.2 Å². The van der Waals surface area contributed by atoms with E-state index in [1.807, 2.05) is 13.8 Å². The molecule has 0 bridgehead atoms. The highest BCUT2D eigenvalue weighted by molar-refractivity contribution is 8.76. The van der Waals surface area contributed by atoms with Crippen LogP contribution in [-0.4, -0.2) is 154 Å². The third kappa shape index (κ3) is 17.8. The normalized spacial score (nSPS) is 24.7. The molecule has 67 heavy (non-hydrogen) atoms. The molecule has 23 nitrogen and oxygen atoms in total. The molecular formula is C42H65N11O12S2. The molecular weight excluding hydrogens is 915 g/mol. The van der Waals surface area contributed by atoms with Crippen molar-refractivity contribution in [2.24, 2.45) is 29.0 Å². The molecule has 15 N–H and O–H groups in total. The second kappa shape index (κ2) is 27.2. The Labute approximate surface area is 396 Å². The van der Waals surface area contributed by atoms with Gasteiger partial charge in [-0.1, -0.05) is 67.8 Å². The van der Waals surface area contributed by atoms with Crippen molar-refractivity contribution in [1.82, 2.24) is 42.1 Å². The summed E-state index contributed by atoms with van der Waals surface area (Å²) in [5, 5.41) is 37.6. The molecule has 2 aliphatic rings. The number of aliphatic hydroxyl groups excluding tert-OH is 1. The van der Waals surface area contributed by atoms with Gasteiger partial charge >= 0.3 is 0 Å². The van der Waals surface area contributed by atoms with Crippen molar-refractivity contribution in [3.05, 3.63) is 29.8 Å². The Hall–Kier alpha value is -5.66. The van der Waals surface area contributed by atoms with Crippen LogP contribution in [0.25, 0.3) is 0 Å². The number of hydrogen-bond donors (Lipinski definition) is 12. The lowest BCUT2D eigenvalue weighted by Crippen LogP contribution is -2.61. The van der Waals surface area contributed by atoms with Gasteiger partial charge in [0.05, 0.1) is 19.0 Å². The average molecular weight is 980 g/mol. The van der Waals surface area contributed by atoms with E-state index < -0.39 is 133 Å². The zero-order chi connectivity index (χ0) is 50.0. The lowest BCUT2D eigenvalue weighted by atomic mass is 9.96. The summed E-state index contributed by atoms with van der Waals surface area (Å²) in [6, 6.07) is -4.77. The standard InChI is InChI=1S/C42H65N11O12S2/c1-5-22(4)34-41(64)47-26(12-14-54)37(60)49-29(17-32(44)56)38(61)51-30(20-67-66-19-25(43)35(58)48-28(39(62)52-34)16-23-8-10-24(55)11-9-23)42(65)53-13-6-7-31(53)40(63)50-27(15-21(2)3)36(59)46-18-33(45)57/h8-11,21-22,25-31,34,54-55H,5-7,12-20,43H2,1-4H3,(H2,44,56)(H2,45,57)(H,46,59)(H,47,64)(H,48,58)(H,49,60)(H,50,63)(H,51,61)(H,52,62)/t22-,25-,26-,27-,28-,29-,30-,31-,34-/m0/s1. The van der Waals surface area contributed by atoms with Crippen LogP contribution in [0.1, 0.15) is 71.8 Å². The van der Waals surface area contributed by atoms with Gasteiger partial charge in [-0.15, -0.1) is 0 Å². The van der Waals surface area contributed by atoms with Crippen LogP contribution in [-0.2, 0) is 54.4 Å². The van der Waals surface area contributed by atoms with E-state index in [0.717, 1.165) is 21.6 Å². The maximum atomic E-state index is 14.4. The first kappa shape index (κ1) is 55.7. The first-order valence-corrected chi connectivity index (χ1v) is 24.5. The molecule has 2 heterocycles. The summed E-state index contributed by atoms with van der Waals surface area (Å²) in [6.07, 6.45) is -0.129. The molecule has 0 saturated carbocycles. The fourth-order valence-electron chi connectivity index (χ4n) is 7.19. The predicted molar refractivity (Wildman–Crippen MR) is 248 cm³/mol. The molecule has 9 atom stereocenters. The minimum absolute atomic E-state index is 0.0361. The van der Waals surface area contributed by atoms with E-state index in [9.17, 15) is 58.2 Å². The van der Waals surface area contributed by atoms with Crippen molar-refractivity contribution >= 4 is 80.7 Å².